The van der Waals surface area contributed by atoms with Crippen LogP contribution in [0.25, 0.3) is 11.1 Å². The lowest BCUT2D eigenvalue weighted by Crippen LogP contribution is -2.68. The Kier molecular flexibility index (Phi) is 6.84. The highest BCUT2D eigenvalue weighted by Crippen LogP contribution is 2.42. The van der Waals surface area contributed by atoms with Crippen LogP contribution in [-0.2, 0) is 0 Å². The van der Waals surface area contributed by atoms with E-state index in [4.69, 9.17) is 0 Å². The zero-order valence-corrected chi connectivity index (χ0v) is 20.0. The molecule has 3 aromatic rings. The number of fused-ring (bicyclic) bond motifs is 1. The van der Waals surface area contributed by atoms with Gasteiger partial charge < -0.3 is 15.3 Å². The molecule has 3 aromatic carbocycles. The summed E-state index contributed by atoms with van der Waals surface area (Å²) in [4.78, 5) is 17.3. The standard InChI is InChI=1S/C29H32FN3O2/c1-20-6-2-3-7-25(20)21-8-10-22(11-9-21)28-26-18-32(16-4-5-17-33(26)27(28)19-34)29(35)31-24-14-12-23(30)13-15-24/h2-3,6-15,26-28,34H,4-5,16-19H2,1H3,(H,31,35)/t26-,27+,28-/m1/s1. The molecule has 3 atom stereocenters. The highest BCUT2D eigenvalue weighted by Gasteiger charge is 2.49. The van der Waals surface area contributed by atoms with Gasteiger partial charge in [0, 0.05) is 36.8 Å². The summed E-state index contributed by atoms with van der Waals surface area (Å²) in [5.41, 5.74) is 5.43. The minimum Gasteiger partial charge on any atom is -0.395 e. The molecule has 2 fully saturated rings. The molecule has 2 N–H and O–H groups in total. The van der Waals surface area contributed by atoms with Crippen LogP contribution in [0.4, 0.5) is 14.9 Å². The van der Waals surface area contributed by atoms with Gasteiger partial charge in [-0.3, -0.25) is 4.90 Å². The number of rotatable bonds is 4. The molecule has 2 heterocycles. The third-order valence-electron chi connectivity index (χ3n) is 7.50. The molecule has 0 bridgehead atoms. The number of nitrogens with zero attached hydrogens (tertiary/aromatic N) is 2. The second-order valence-corrected chi connectivity index (χ2v) is 9.61. The first-order valence-corrected chi connectivity index (χ1v) is 12.4. The van der Waals surface area contributed by atoms with Crippen LogP contribution in [-0.4, -0.2) is 59.3 Å². The lowest BCUT2D eigenvalue weighted by atomic mass is 9.74. The molecule has 2 aliphatic heterocycles. The maximum Gasteiger partial charge on any atom is 0.321 e. The second-order valence-electron chi connectivity index (χ2n) is 9.61. The Morgan fingerprint density at radius 3 is 2.43 bits per heavy atom. The first-order chi connectivity index (χ1) is 17.0. The lowest BCUT2D eigenvalue weighted by Gasteiger charge is -2.57. The van der Waals surface area contributed by atoms with E-state index in [1.807, 2.05) is 4.90 Å². The number of urea groups is 1. The molecule has 182 valence electrons. The molecule has 0 saturated carbocycles. The SMILES string of the molecule is Cc1ccccc1-c1ccc([C@@H]2[C@H]3CN(C(=O)Nc4ccc(F)cc4)CCCCN3[C@H]2CO)cc1. The van der Waals surface area contributed by atoms with Crippen LogP contribution in [0.1, 0.15) is 29.9 Å². The van der Waals surface area contributed by atoms with E-state index in [9.17, 15) is 14.3 Å². The number of aryl methyl sites for hydroxylation is 1. The summed E-state index contributed by atoms with van der Waals surface area (Å²) in [7, 11) is 0. The Balaban J connectivity index is 1.35. The summed E-state index contributed by atoms with van der Waals surface area (Å²) >= 11 is 0. The second kappa shape index (κ2) is 10.2. The van der Waals surface area contributed by atoms with Gasteiger partial charge in [0.2, 0.25) is 0 Å². The third kappa shape index (κ3) is 4.81. The summed E-state index contributed by atoms with van der Waals surface area (Å²) in [6, 6.07) is 22.9. The van der Waals surface area contributed by atoms with E-state index in [1.54, 1.807) is 12.1 Å². The van der Waals surface area contributed by atoms with E-state index >= 15 is 0 Å². The monoisotopic (exact) mass is 473 g/mol. The van der Waals surface area contributed by atoms with Gasteiger partial charge in [-0.05, 0) is 72.8 Å². The van der Waals surface area contributed by atoms with E-state index < -0.39 is 0 Å². The molecule has 2 amide bonds. The maximum absolute atomic E-state index is 13.2. The van der Waals surface area contributed by atoms with Crippen molar-refractivity contribution in [3.8, 4) is 11.1 Å². The smallest absolute Gasteiger partial charge is 0.321 e. The molecule has 0 aromatic heterocycles. The number of anilines is 1. The quantitative estimate of drug-likeness (QED) is 0.544. The van der Waals surface area contributed by atoms with Crippen LogP contribution in [0.15, 0.2) is 72.8 Å². The predicted octanol–water partition coefficient (Wildman–Crippen LogP) is 5.26. The molecule has 2 saturated heterocycles. The third-order valence-corrected chi connectivity index (χ3v) is 7.50. The molecule has 0 unspecified atom stereocenters. The Bertz CT molecular complexity index is 1170. The molecular weight excluding hydrogens is 441 g/mol. The largest absolute Gasteiger partial charge is 0.395 e. The molecule has 5 rings (SSSR count). The molecule has 5 nitrogen and oxygen atoms in total. The Morgan fingerprint density at radius 1 is 1.00 bits per heavy atom. The van der Waals surface area contributed by atoms with E-state index in [0.717, 1.165) is 19.4 Å². The minimum absolute atomic E-state index is 0.0596. The first-order valence-electron chi connectivity index (χ1n) is 12.4. The van der Waals surface area contributed by atoms with Crippen LogP contribution >= 0.6 is 0 Å². The number of carbonyl (C=O) groups excluding carboxylic acids is 1. The van der Waals surface area contributed by atoms with Crippen LogP contribution in [0.3, 0.4) is 0 Å². The van der Waals surface area contributed by atoms with Gasteiger partial charge in [-0.15, -0.1) is 0 Å². The molecule has 35 heavy (non-hydrogen) atoms. The lowest BCUT2D eigenvalue weighted by molar-refractivity contribution is -0.0585. The average Bonchev–Trinajstić information content (AvgIpc) is 2.85. The number of hydrogen-bond acceptors (Lipinski definition) is 3. The Labute approximate surface area is 206 Å². The Morgan fingerprint density at radius 2 is 1.71 bits per heavy atom. The first kappa shape index (κ1) is 23.5. The van der Waals surface area contributed by atoms with Crippen LogP contribution < -0.4 is 5.32 Å². The number of nitrogens with one attached hydrogen (secondary N) is 1. The number of aliphatic hydroxyl groups excluding tert-OH is 1. The van der Waals surface area contributed by atoms with E-state index in [0.29, 0.717) is 18.8 Å². The van der Waals surface area contributed by atoms with Crippen molar-refractivity contribution in [2.24, 2.45) is 0 Å². The number of halogens is 1. The molecule has 0 radical (unpaired) electrons. The zero-order chi connectivity index (χ0) is 24.4. The van der Waals surface area contributed by atoms with Crippen molar-refractivity contribution in [3.63, 3.8) is 0 Å². The van der Waals surface area contributed by atoms with Gasteiger partial charge in [0.25, 0.3) is 0 Å². The zero-order valence-electron chi connectivity index (χ0n) is 20.0. The topological polar surface area (TPSA) is 55.8 Å². The van der Waals surface area contributed by atoms with Gasteiger partial charge in [0.15, 0.2) is 0 Å². The number of carbonyl (C=O) groups is 1. The van der Waals surface area contributed by atoms with Gasteiger partial charge in [-0.1, -0.05) is 48.5 Å². The van der Waals surface area contributed by atoms with Crippen molar-refractivity contribution in [1.82, 2.24) is 9.80 Å². The van der Waals surface area contributed by atoms with Crippen molar-refractivity contribution >= 4 is 11.7 Å². The van der Waals surface area contributed by atoms with Crippen molar-refractivity contribution in [2.75, 3.05) is 31.6 Å². The van der Waals surface area contributed by atoms with Crippen LogP contribution in [0.5, 0.6) is 0 Å². The Hall–Kier alpha value is -3.22. The fourth-order valence-electron chi connectivity index (χ4n) is 5.64. The minimum atomic E-state index is -0.328. The number of amides is 2. The maximum atomic E-state index is 13.2. The van der Waals surface area contributed by atoms with Crippen molar-refractivity contribution in [2.45, 2.75) is 37.8 Å². The van der Waals surface area contributed by atoms with Crippen LogP contribution in [0, 0.1) is 12.7 Å². The molecule has 6 heteroatoms. The highest BCUT2D eigenvalue weighted by atomic mass is 19.1. The fourth-order valence-corrected chi connectivity index (χ4v) is 5.64. The highest BCUT2D eigenvalue weighted by molar-refractivity contribution is 5.89. The normalized spacial score (nSPS) is 22.5. The number of benzene rings is 3. The summed E-state index contributed by atoms with van der Waals surface area (Å²) in [6.07, 6.45) is 1.89. The van der Waals surface area contributed by atoms with E-state index in [2.05, 4.69) is 65.7 Å². The summed E-state index contributed by atoms with van der Waals surface area (Å²) in [5.74, 6) is -0.171. The van der Waals surface area contributed by atoms with Gasteiger partial charge in [0.05, 0.1) is 6.61 Å². The number of aliphatic hydroxyl groups is 1. The van der Waals surface area contributed by atoms with E-state index in [-0.39, 0.29) is 36.5 Å². The molecule has 2 aliphatic rings. The molecule has 0 aliphatic carbocycles. The predicted molar refractivity (Wildman–Crippen MR) is 137 cm³/mol. The summed E-state index contributed by atoms with van der Waals surface area (Å²) in [5, 5.41) is 13.1. The molecule has 0 spiro atoms. The van der Waals surface area contributed by atoms with Crippen molar-refractivity contribution in [3.05, 3.63) is 89.7 Å². The van der Waals surface area contributed by atoms with Gasteiger partial charge in [0.1, 0.15) is 5.82 Å². The molecular formula is C29H32FN3O2. The summed E-state index contributed by atoms with van der Waals surface area (Å²) in [6.45, 7) is 4.42. The van der Waals surface area contributed by atoms with Gasteiger partial charge >= 0.3 is 6.03 Å². The number of hydrogen-bond donors (Lipinski definition) is 2. The van der Waals surface area contributed by atoms with Gasteiger partial charge in [-0.2, -0.15) is 0 Å². The fraction of sp³-hybridized carbons (Fsp3) is 0.345. The van der Waals surface area contributed by atoms with Crippen molar-refractivity contribution < 1.29 is 14.3 Å². The van der Waals surface area contributed by atoms with Crippen molar-refractivity contribution in [1.29, 1.82) is 0 Å². The van der Waals surface area contributed by atoms with Crippen LogP contribution in [0.2, 0.25) is 0 Å². The summed E-state index contributed by atoms with van der Waals surface area (Å²) < 4.78 is 13.2. The van der Waals surface area contributed by atoms with E-state index in [1.165, 1.54) is 34.4 Å². The van der Waals surface area contributed by atoms with Gasteiger partial charge in [-0.25, -0.2) is 9.18 Å². The average molecular weight is 474 g/mol.